The van der Waals surface area contributed by atoms with Crippen LogP contribution in [-0.2, 0) is 10.0 Å². The standard InChI is InChI=1S/C10H10N4O5S/c1-19-9-6-7(14(15)16)2-3-8(9)13-20(17,18)10-4-5-11-12-10/h2-6,13H,1H3,(H,11,12). The zero-order valence-electron chi connectivity index (χ0n) is 10.2. The van der Waals surface area contributed by atoms with E-state index in [-0.39, 0.29) is 22.2 Å². The number of aromatic nitrogens is 2. The molecule has 0 unspecified atom stereocenters. The third-order valence-corrected chi connectivity index (χ3v) is 3.70. The van der Waals surface area contributed by atoms with Crippen LogP contribution in [0.25, 0.3) is 0 Å². The normalized spacial score (nSPS) is 11.1. The lowest BCUT2D eigenvalue weighted by Crippen LogP contribution is -2.14. The number of nitro benzene ring substituents is 1. The van der Waals surface area contributed by atoms with Gasteiger partial charge in [-0.2, -0.15) is 13.5 Å². The molecule has 106 valence electrons. The average Bonchev–Trinajstić information content (AvgIpc) is 2.93. The summed E-state index contributed by atoms with van der Waals surface area (Å²) in [5, 5.41) is 16.4. The summed E-state index contributed by atoms with van der Waals surface area (Å²) in [4.78, 5) is 10.0. The SMILES string of the molecule is COc1cc([N+](=O)[O-])ccc1NS(=O)(=O)c1ccn[nH]1. The molecule has 2 aromatic rings. The zero-order valence-corrected chi connectivity index (χ0v) is 11.0. The summed E-state index contributed by atoms with van der Waals surface area (Å²) in [6, 6.07) is 4.84. The molecule has 1 aromatic heterocycles. The van der Waals surface area contributed by atoms with Gasteiger partial charge in [-0.25, -0.2) is 0 Å². The van der Waals surface area contributed by atoms with Crippen LogP contribution in [0.1, 0.15) is 0 Å². The minimum absolute atomic E-state index is 0.0438. The Morgan fingerprint density at radius 2 is 2.15 bits per heavy atom. The van der Waals surface area contributed by atoms with Crippen molar-refractivity contribution in [2.45, 2.75) is 5.03 Å². The number of H-pyrrole nitrogens is 1. The van der Waals surface area contributed by atoms with Gasteiger partial charge in [0.2, 0.25) is 0 Å². The van der Waals surface area contributed by atoms with Crippen molar-refractivity contribution < 1.29 is 18.1 Å². The molecule has 1 heterocycles. The molecule has 0 amide bonds. The number of nitrogens with one attached hydrogen (secondary N) is 2. The number of ether oxygens (including phenoxy) is 1. The smallest absolute Gasteiger partial charge is 0.278 e. The molecule has 2 N–H and O–H groups in total. The first kappa shape index (κ1) is 13.8. The van der Waals surface area contributed by atoms with Crippen LogP contribution in [0.15, 0.2) is 35.5 Å². The molecular weight excluding hydrogens is 288 g/mol. The number of nitrogens with zero attached hydrogens (tertiary/aromatic N) is 2. The molecule has 0 radical (unpaired) electrons. The number of anilines is 1. The van der Waals surface area contributed by atoms with Crippen molar-refractivity contribution >= 4 is 21.4 Å². The highest BCUT2D eigenvalue weighted by Crippen LogP contribution is 2.30. The van der Waals surface area contributed by atoms with Gasteiger partial charge in [-0.3, -0.25) is 19.9 Å². The molecule has 0 atom stereocenters. The summed E-state index contributed by atoms with van der Waals surface area (Å²) in [7, 11) is -2.57. The molecule has 9 nitrogen and oxygen atoms in total. The summed E-state index contributed by atoms with van der Waals surface area (Å²) < 4.78 is 31.2. The average molecular weight is 298 g/mol. The van der Waals surface area contributed by atoms with E-state index in [2.05, 4.69) is 14.9 Å². The first-order valence-electron chi connectivity index (χ1n) is 5.28. The molecule has 0 spiro atoms. The summed E-state index contributed by atoms with van der Waals surface area (Å²) in [5.41, 5.74) is -0.112. The summed E-state index contributed by atoms with van der Waals surface area (Å²) in [6.45, 7) is 0. The number of hydrogen-bond donors (Lipinski definition) is 2. The fraction of sp³-hybridized carbons (Fsp3) is 0.100. The van der Waals surface area contributed by atoms with Gasteiger partial charge in [0.05, 0.1) is 30.0 Å². The van der Waals surface area contributed by atoms with Crippen molar-refractivity contribution in [1.82, 2.24) is 10.2 Å². The van der Waals surface area contributed by atoms with Crippen LogP contribution in [-0.4, -0.2) is 30.6 Å². The summed E-state index contributed by atoms with van der Waals surface area (Å²) in [5.74, 6) is 0.0438. The lowest BCUT2D eigenvalue weighted by molar-refractivity contribution is -0.384. The second-order valence-corrected chi connectivity index (χ2v) is 5.32. The van der Waals surface area contributed by atoms with E-state index >= 15 is 0 Å². The maximum Gasteiger partial charge on any atom is 0.278 e. The second kappa shape index (κ2) is 5.17. The molecule has 2 rings (SSSR count). The molecule has 0 saturated carbocycles. The predicted octanol–water partition coefficient (Wildman–Crippen LogP) is 1.13. The molecule has 0 bridgehead atoms. The van der Waals surface area contributed by atoms with Crippen LogP contribution < -0.4 is 9.46 Å². The Kier molecular flexibility index (Phi) is 3.57. The Bertz CT molecular complexity index is 726. The number of aromatic amines is 1. The van der Waals surface area contributed by atoms with Crippen LogP contribution in [0.2, 0.25) is 0 Å². The number of hydrogen-bond acceptors (Lipinski definition) is 6. The van der Waals surface area contributed by atoms with Gasteiger partial charge in [-0.15, -0.1) is 0 Å². The van der Waals surface area contributed by atoms with Crippen molar-refractivity contribution in [3.63, 3.8) is 0 Å². The maximum absolute atomic E-state index is 12.0. The maximum atomic E-state index is 12.0. The van der Waals surface area contributed by atoms with Crippen LogP contribution >= 0.6 is 0 Å². The molecular formula is C10H10N4O5S. The first-order chi connectivity index (χ1) is 9.44. The third kappa shape index (κ3) is 2.69. The van der Waals surface area contributed by atoms with Crippen molar-refractivity contribution in [1.29, 1.82) is 0 Å². The second-order valence-electron chi connectivity index (χ2n) is 3.67. The first-order valence-corrected chi connectivity index (χ1v) is 6.77. The largest absolute Gasteiger partial charge is 0.494 e. The Labute approximate surface area is 113 Å². The number of non-ortho nitro benzene ring substituents is 1. The Morgan fingerprint density at radius 3 is 2.70 bits per heavy atom. The zero-order chi connectivity index (χ0) is 14.8. The molecule has 0 aliphatic heterocycles. The van der Waals surface area contributed by atoms with Crippen molar-refractivity contribution in [2.75, 3.05) is 11.8 Å². The summed E-state index contributed by atoms with van der Waals surface area (Å²) in [6.07, 6.45) is 1.29. The van der Waals surface area contributed by atoms with Crippen molar-refractivity contribution in [3.8, 4) is 5.75 Å². The third-order valence-electron chi connectivity index (χ3n) is 2.40. The number of nitro groups is 1. The fourth-order valence-electron chi connectivity index (χ4n) is 1.47. The van der Waals surface area contributed by atoms with Crippen LogP contribution in [0.4, 0.5) is 11.4 Å². The monoisotopic (exact) mass is 298 g/mol. The molecule has 0 aliphatic rings. The van der Waals surface area contributed by atoms with Gasteiger partial charge in [0, 0.05) is 6.07 Å². The highest BCUT2D eigenvalue weighted by molar-refractivity contribution is 7.92. The Balaban J connectivity index is 2.37. The van der Waals surface area contributed by atoms with E-state index in [0.717, 1.165) is 6.07 Å². The van der Waals surface area contributed by atoms with E-state index in [1.165, 1.54) is 31.5 Å². The van der Waals surface area contributed by atoms with Crippen LogP contribution in [0, 0.1) is 10.1 Å². The predicted molar refractivity (Wildman–Crippen MR) is 69.0 cm³/mol. The highest BCUT2D eigenvalue weighted by atomic mass is 32.2. The van der Waals surface area contributed by atoms with Gasteiger partial charge in [0.25, 0.3) is 15.7 Å². The minimum Gasteiger partial charge on any atom is -0.494 e. The van der Waals surface area contributed by atoms with E-state index in [4.69, 9.17) is 4.74 Å². The molecule has 0 aliphatic carbocycles. The molecule has 10 heteroatoms. The van der Waals surface area contributed by atoms with Crippen molar-refractivity contribution in [2.24, 2.45) is 0 Å². The lowest BCUT2D eigenvalue weighted by atomic mass is 10.2. The van der Waals surface area contributed by atoms with Gasteiger partial charge < -0.3 is 4.74 Å². The van der Waals surface area contributed by atoms with Gasteiger partial charge in [0.15, 0.2) is 5.03 Å². The quantitative estimate of drug-likeness (QED) is 0.629. The van der Waals surface area contributed by atoms with Gasteiger partial charge in [0.1, 0.15) is 5.75 Å². The van der Waals surface area contributed by atoms with E-state index in [0.29, 0.717) is 0 Å². The van der Waals surface area contributed by atoms with E-state index in [1.807, 2.05) is 0 Å². The molecule has 0 saturated heterocycles. The topological polar surface area (TPSA) is 127 Å². The summed E-state index contributed by atoms with van der Waals surface area (Å²) >= 11 is 0. The van der Waals surface area contributed by atoms with Gasteiger partial charge in [-0.05, 0) is 12.1 Å². The van der Waals surface area contributed by atoms with Crippen LogP contribution in [0.5, 0.6) is 5.75 Å². The van der Waals surface area contributed by atoms with E-state index in [1.54, 1.807) is 0 Å². The number of sulfonamides is 1. The Morgan fingerprint density at radius 1 is 1.40 bits per heavy atom. The number of methoxy groups -OCH3 is 1. The van der Waals surface area contributed by atoms with Gasteiger partial charge >= 0.3 is 0 Å². The molecule has 1 aromatic carbocycles. The molecule has 0 fully saturated rings. The fourth-order valence-corrected chi connectivity index (χ4v) is 2.45. The Hall–Kier alpha value is -2.62. The number of benzene rings is 1. The van der Waals surface area contributed by atoms with Crippen LogP contribution in [0.3, 0.4) is 0 Å². The lowest BCUT2D eigenvalue weighted by Gasteiger charge is -2.10. The van der Waals surface area contributed by atoms with E-state index < -0.39 is 14.9 Å². The molecule has 20 heavy (non-hydrogen) atoms. The van der Waals surface area contributed by atoms with Crippen molar-refractivity contribution in [3.05, 3.63) is 40.6 Å². The minimum atomic E-state index is -3.85. The highest BCUT2D eigenvalue weighted by Gasteiger charge is 2.19. The van der Waals surface area contributed by atoms with E-state index in [9.17, 15) is 18.5 Å². The van der Waals surface area contributed by atoms with Gasteiger partial charge in [-0.1, -0.05) is 0 Å². The number of rotatable bonds is 5.